The molecule has 0 radical (unpaired) electrons. The zero-order valence-electron chi connectivity index (χ0n) is 11.9. The summed E-state index contributed by atoms with van der Waals surface area (Å²) in [6.45, 7) is 1.00. The monoisotopic (exact) mass is 313 g/mol. The first-order valence-electron chi connectivity index (χ1n) is 6.72. The lowest BCUT2D eigenvalue weighted by molar-refractivity contribution is -0.257. The molecule has 1 aromatic carbocycles. The second-order valence-electron chi connectivity index (χ2n) is 5.14. The van der Waals surface area contributed by atoms with Crippen LogP contribution in [0.15, 0.2) is 23.2 Å². The zero-order valence-corrected chi connectivity index (χ0v) is 11.9. The molecule has 5 atom stereocenters. The summed E-state index contributed by atoms with van der Waals surface area (Å²) >= 11 is 0. The van der Waals surface area contributed by atoms with Gasteiger partial charge < -0.3 is 35.4 Å². The number of hydrogen-bond donors (Lipinski definition) is 6. The van der Waals surface area contributed by atoms with Gasteiger partial charge in [0, 0.05) is 17.3 Å². The van der Waals surface area contributed by atoms with Gasteiger partial charge in [-0.2, -0.15) is 0 Å². The molecular formula is C14H19NO7. The van der Waals surface area contributed by atoms with Crippen LogP contribution >= 0.6 is 0 Å². The van der Waals surface area contributed by atoms with Crippen LogP contribution in [-0.4, -0.2) is 73.6 Å². The van der Waals surface area contributed by atoms with Crippen molar-refractivity contribution in [3.63, 3.8) is 0 Å². The first-order chi connectivity index (χ1) is 10.3. The molecule has 1 aliphatic heterocycles. The molecule has 8 nitrogen and oxygen atoms in total. The molecule has 0 bridgehead atoms. The van der Waals surface area contributed by atoms with E-state index in [1.807, 2.05) is 0 Å². The molecule has 1 heterocycles. The lowest BCUT2D eigenvalue weighted by atomic mass is 9.96. The van der Waals surface area contributed by atoms with E-state index in [0.29, 0.717) is 5.56 Å². The third-order valence-electron chi connectivity index (χ3n) is 3.58. The van der Waals surface area contributed by atoms with Gasteiger partial charge in [-0.1, -0.05) is 0 Å². The third-order valence-corrected chi connectivity index (χ3v) is 3.58. The Labute approximate surface area is 126 Å². The van der Waals surface area contributed by atoms with Gasteiger partial charge in [0.15, 0.2) is 6.29 Å². The predicted molar refractivity (Wildman–Crippen MR) is 75.7 cm³/mol. The van der Waals surface area contributed by atoms with Crippen LogP contribution in [0.1, 0.15) is 12.5 Å². The van der Waals surface area contributed by atoms with Crippen molar-refractivity contribution < 1.29 is 35.4 Å². The number of nitrogens with zero attached hydrogens (tertiary/aromatic N) is 1. The Morgan fingerprint density at radius 3 is 2.45 bits per heavy atom. The lowest BCUT2D eigenvalue weighted by Gasteiger charge is -2.38. The van der Waals surface area contributed by atoms with Crippen LogP contribution in [0.3, 0.4) is 0 Å². The molecule has 6 N–H and O–H groups in total. The van der Waals surface area contributed by atoms with Crippen molar-refractivity contribution in [2.45, 2.75) is 37.6 Å². The number of aliphatic hydroxyl groups excluding tert-OH is 4. The van der Waals surface area contributed by atoms with Crippen molar-refractivity contribution in [2.75, 3.05) is 6.61 Å². The minimum absolute atomic E-state index is 0.115. The summed E-state index contributed by atoms with van der Waals surface area (Å²) in [4.78, 5) is 4.13. The van der Waals surface area contributed by atoms with Gasteiger partial charge in [0.1, 0.15) is 35.9 Å². The Hall–Kier alpha value is -1.71. The second kappa shape index (κ2) is 6.59. The summed E-state index contributed by atoms with van der Waals surface area (Å²) in [6, 6.07) is 2.79. The summed E-state index contributed by atoms with van der Waals surface area (Å²) < 4.78 is 4.87. The van der Waals surface area contributed by atoms with Crippen LogP contribution in [0.5, 0.6) is 11.5 Å². The molecule has 0 saturated carbocycles. The van der Waals surface area contributed by atoms with E-state index in [9.17, 15) is 25.5 Å². The Morgan fingerprint density at radius 1 is 1.18 bits per heavy atom. The van der Waals surface area contributed by atoms with Crippen LogP contribution < -0.4 is 0 Å². The summed E-state index contributed by atoms with van der Waals surface area (Å²) in [5.74, 6) is -0.326. The van der Waals surface area contributed by atoms with Gasteiger partial charge in [-0.15, -0.1) is 0 Å². The maximum Gasteiger partial charge on any atom is 0.183 e. The Kier molecular flexibility index (Phi) is 4.99. The second-order valence-corrected chi connectivity index (χ2v) is 5.14. The number of aromatic hydroxyl groups is 2. The van der Waals surface area contributed by atoms with Crippen molar-refractivity contribution in [3.8, 4) is 11.5 Å². The van der Waals surface area contributed by atoms with Crippen LogP contribution in [0.2, 0.25) is 0 Å². The molecule has 0 aliphatic carbocycles. The number of benzene rings is 1. The average molecular weight is 313 g/mol. The van der Waals surface area contributed by atoms with E-state index in [4.69, 9.17) is 9.84 Å². The van der Waals surface area contributed by atoms with Crippen molar-refractivity contribution in [3.05, 3.63) is 23.8 Å². The minimum atomic E-state index is -1.59. The summed E-state index contributed by atoms with van der Waals surface area (Å²) in [6.07, 6.45) is -5.46. The van der Waals surface area contributed by atoms with Crippen molar-refractivity contribution in [1.29, 1.82) is 0 Å². The fourth-order valence-corrected chi connectivity index (χ4v) is 2.35. The van der Waals surface area contributed by atoms with E-state index in [1.54, 1.807) is 6.92 Å². The molecule has 0 spiro atoms. The average Bonchev–Trinajstić information content (AvgIpc) is 2.47. The quantitative estimate of drug-likeness (QED) is 0.381. The van der Waals surface area contributed by atoms with E-state index in [2.05, 4.69) is 4.99 Å². The highest BCUT2D eigenvalue weighted by molar-refractivity contribution is 6.01. The molecule has 122 valence electrons. The van der Waals surface area contributed by atoms with Gasteiger partial charge in [-0.3, -0.25) is 4.99 Å². The Bertz CT molecular complexity index is 562. The number of ether oxygens (including phenoxy) is 1. The Balaban J connectivity index is 2.32. The highest BCUT2D eigenvalue weighted by Crippen LogP contribution is 2.26. The number of phenols is 2. The van der Waals surface area contributed by atoms with E-state index in [1.165, 1.54) is 12.1 Å². The minimum Gasteiger partial charge on any atom is -0.508 e. The maximum atomic E-state index is 10.1. The van der Waals surface area contributed by atoms with E-state index in [-0.39, 0.29) is 17.2 Å². The number of hydrogen-bond acceptors (Lipinski definition) is 8. The van der Waals surface area contributed by atoms with E-state index < -0.39 is 37.3 Å². The summed E-state index contributed by atoms with van der Waals surface area (Å²) in [5, 5.41) is 57.7. The van der Waals surface area contributed by atoms with Gasteiger partial charge >= 0.3 is 0 Å². The molecule has 1 saturated heterocycles. The topological polar surface area (TPSA) is 143 Å². The smallest absolute Gasteiger partial charge is 0.183 e. The largest absolute Gasteiger partial charge is 0.508 e. The predicted octanol–water partition coefficient (Wildman–Crippen LogP) is -1.29. The lowest BCUT2D eigenvalue weighted by Crippen LogP contribution is -2.58. The first-order valence-corrected chi connectivity index (χ1v) is 6.72. The van der Waals surface area contributed by atoms with Gasteiger partial charge in [-0.05, 0) is 19.1 Å². The molecule has 2 rings (SSSR count). The molecule has 22 heavy (non-hydrogen) atoms. The van der Waals surface area contributed by atoms with Crippen LogP contribution in [-0.2, 0) is 4.74 Å². The Morgan fingerprint density at radius 2 is 1.86 bits per heavy atom. The molecule has 1 fully saturated rings. The molecule has 0 amide bonds. The highest BCUT2D eigenvalue weighted by Gasteiger charge is 2.43. The standard InChI is InChI=1S/C14H19NO7/c1-6(8-3-2-7(17)4-9(8)18)15-11-12(19)10(5-16)22-14(21)13(11)20/h2-4,10-14,16-21H,5H2,1H3/b15-6+. The van der Waals surface area contributed by atoms with Gasteiger partial charge in [0.25, 0.3) is 0 Å². The first kappa shape index (κ1) is 16.7. The maximum absolute atomic E-state index is 10.1. The number of aliphatic hydroxyl groups is 4. The fraction of sp³-hybridized carbons (Fsp3) is 0.500. The molecule has 5 unspecified atom stereocenters. The van der Waals surface area contributed by atoms with Crippen LogP contribution in [0.4, 0.5) is 0 Å². The van der Waals surface area contributed by atoms with Crippen molar-refractivity contribution in [1.82, 2.24) is 0 Å². The number of aliphatic imine (C=N–C) groups is 1. The van der Waals surface area contributed by atoms with Crippen molar-refractivity contribution >= 4 is 5.71 Å². The van der Waals surface area contributed by atoms with Crippen molar-refractivity contribution in [2.24, 2.45) is 4.99 Å². The van der Waals surface area contributed by atoms with Gasteiger partial charge in [0.2, 0.25) is 0 Å². The third kappa shape index (κ3) is 3.21. The summed E-state index contributed by atoms with van der Waals surface area (Å²) in [7, 11) is 0. The number of phenolic OH excluding ortho intramolecular Hbond substituents is 2. The fourth-order valence-electron chi connectivity index (χ4n) is 2.35. The van der Waals surface area contributed by atoms with Gasteiger partial charge in [-0.25, -0.2) is 0 Å². The highest BCUT2D eigenvalue weighted by atomic mass is 16.6. The summed E-state index contributed by atoms with van der Waals surface area (Å²) in [5.41, 5.74) is 0.588. The van der Waals surface area contributed by atoms with E-state index in [0.717, 1.165) is 6.07 Å². The molecular weight excluding hydrogens is 294 g/mol. The molecule has 0 aromatic heterocycles. The SMILES string of the molecule is C/C(=N\C1C(O)C(O)OC(CO)C1O)c1ccc(O)cc1O. The van der Waals surface area contributed by atoms with Gasteiger partial charge in [0.05, 0.1) is 6.61 Å². The van der Waals surface area contributed by atoms with Crippen LogP contribution in [0, 0.1) is 0 Å². The molecule has 8 heteroatoms. The molecule has 1 aliphatic rings. The number of rotatable bonds is 3. The van der Waals surface area contributed by atoms with Crippen LogP contribution in [0.25, 0.3) is 0 Å². The zero-order chi connectivity index (χ0) is 16.4. The molecule has 1 aromatic rings. The van der Waals surface area contributed by atoms with E-state index >= 15 is 0 Å². The normalized spacial score (nSPS) is 33.0.